The fraction of sp³-hybridized carbons (Fsp3) is 0.320. The zero-order chi connectivity index (χ0) is 22.0. The molecule has 0 aliphatic carbocycles. The lowest BCUT2D eigenvalue weighted by Crippen LogP contribution is -2.37. The molecule has 1 aliphatic heterocycles. The first-order valence-corrected chi connectivity index (χ1v) is 10.5. The van der Waals surface area contributed by atoms with Crippen LogP contribution in [-0.2, 0) is 13.7 Å². The molecule has 1 aromatic heterocycles. The van der Waals surface area contributed by atoms with E-state index >= 15 is 0 Å². The Morgan fingerprint density at radius 3 is 2.52 bits per heavy atom. The highest BCUT2D eigenvalue weighted by molar-refractivity contribution is 5.95. The average Bonchev–Trinajstić information content (AvgIpc) is 3.19. The van der Waals surface area contributed by atoms with Crippen LogP contribution < -0.4 is 0 Å². The third-order valence-electron chi connectivity index (χ3n) is 6.28. The molecule has 4 rings (SSSR count). The smallest absolute Gasteiger partial charge is 0.253 e. The van der Waals surface area contributed by atoms with E-state index in [0.717, 1.165) is 29.7 Å². The number of hydrogen-bond acceptors (Lipinski definition) is 4. The number of benzene rings is 2. The van der Waals surface area contributed by atoms with E-state index in [1.54, 1.807) is 6.20 Å². The predicted molar refractivity (Wildman–Crippen MR) is 118 cm³/mol. The minimum absolute atomic E-state index is 0.0454. The Hall–Kier alpha value is -3.43. The van der Waals surface area contributed by atoms with Crippen LogP contribution in [0, 0.1) is 18.3 Å². The first-order chi connectivity index (χ1) is 15.0. The molecule has 158 valence electrons. The largest absolute Gasteiger partial charge is 0.388 e. The Bertz CT molecular complexity index is 1130. The van der Waals surface area contributed by atoms with Crippen molar-refractivity contribution >= 4 is 5.91 Å². The molecule has 0 atom stereocenters. The Morgan fingerprint density at radius 1 is 1.19 bits per heavy atom. The summed E-state index contributed by atoms with van der Waals surface area (Å²) in [5.41, 5.74) is 5.47. The van der Waals surface area contributed by atoms with Crippen molar-refractivity contribution in [1.82, 2.24) is 14.5 Å². The molecule has 1 saturated heterocycles. The van der Waals surface area contributed by atoms with Gasteiger partial charge in [-0.2, -0.15) is 5.26 Å². The van der Waals surface area contributed by atoms with Gasteiger partial charge in [-0.25, -0.2) is 4.98 Å². The van der Waals surface area contributed by atoms with E-state index in [0.29, 0.717) is 36.0 Å². The maximum Gasteiger partial charge on any atom is 0.253 e. The first kappa shape index (κ1) is 20.8. The Kier molecular flexibility index (Phi) is 5.88. The highest BCUT2D eigenvalue weighted by Gasteiger charge is 2.25. The minimum Gasteiger partial charge on any atom is -0.388 e. The summed E-state index contributed by atoms with van der Waals surface area (Å²) in [6.45, 7) is 3.32. The molecule has 0 unspecified atom stereocenters. The quantitative estimate of drug-likeness (QED) is 0.704. The molecule has 0 spiro atoms. The Labute approximate surface area is 182 Å². The van der Waals surface area contributed by atoms with Gasteiger partial charge in [0.05, 0.1) is 23.5 Å². The number of aryl methyl sites for hydroxylation is 1. The molecule has 0 radical (unpaired) electrons. The number of imidazole rings is 1. The normalized spacial score (nSPS) is 14.5. The van der Waals surface area contributed by atoms with Gasteiger partial charge in [0.2, 0.25) is 0 Å². The van der Waals surface area contributed by atoms with Crippen LogP contribution in [0.5, 0.6) is 0 Å². The standard InChI is InChI=1S/C25H26N4O2/c1-17-3-6-21(13-22(17)23-15-27-24(16-30)28(23)2)25(31)29-11-9-20(10-12-29)19-7-4-18(14-26)5-8-19/h3-8,13,15,20,30H,9-12,16H2,1-2H3. The first-order valence-electron chi connectivity index (χ1n) is 10.5. The van der Waals surface area contributed by atoms with Crippen molar-refractivity contribution in [2.45, 2.75) is 32.3 Å². The zero-order valence-electron chi connectivity index (χ0n) is 17.9. The fourth-order valence-corrected chi connectivity index (χ4v) is 4.30. The van der Waals surface area contributed by atoms with E-state index < -0.39 is 0 Å². The van der Waals surface area contributed by atoms with Gasteiger partial charge in [-0.3, -0.25) is 4.79 Å². The van der Waals surface area contributed by atoms with Crippen molar-refractivity contribution in [1.29, 1.82) is 5.26 Å². The number of aliphatic hydroxyl groups is 1. The summed E-state index contributed by atoms with van der Waals surface area (Å²) in [5, 5.41) is 18.4. The van der Waals surface area contributed by atoms with Crippen molar-refractivity contribution in [3.63, 3.8) is 0 Å². The summed E-state index contributed by atoms with van der Waals surface area (Å²) >= 11 is 0. The molecule has 1 fully saturated rings. The number of carbonyl (C=O) groups excluding carboxylic acids is 1. The SMILES string of the molecule is Cc1ccc(C(=O)N2CCC(c3ccc(C#N)cc3)CC2)cc1-c1cnc(CO)n1C. The number of aliphatic hydroxyl groups excluding tert-OH is 1. The second-order valence-electron chi connectivity index (χ2n) is 8.11. The summed E-state index contributed by atoms with van der Waals surface area (Å²) in [4.78, 5) is 19.4. The van der Waals surface area contributed by atoms with Gasteiger partial charge in [0.15, 0.2) is 0 Å². The van der Waals surface area contributed by atoms with E-state index in [1.165, 1.54) is 5.56 Å². The third-order valence-corrected chi connectivity index (χ3v) is 6.28. The lowest BCUT2D eigenvalue weighted by molar-refractivity contribution is 0.0713. The van der Waals surface area contributed by atoms with Gasteiger partial charge in [-0.15, -0.1) is 0 Å². The molecule has 6 heteroatoms. The van der Waals surface area contributed by atoms with Crippen molar-refractivity contribution in [3.8, 4) is 17.3 Å². The van der Waals surface area contributed by atoms with E-state index in [2.05, 4.69) is 11.1 Å². The molecule has 2 aromatic carbocycles. The van der Waals surface area contributed by atoms with Gasteiger partial charge in [0.25, 0.3) is 5.91 Å². The highest BCUT2D eigenvalue weighted by Crippen LogP contribution is 2.30. The number of hydrogen-bond donors (Lipinski definition) is 1. The van der Waals surface area contributed by atoms with Gasteiger partial charge in [-0.1, -0.05) is 18.2 Å². The molecule has 0 bridgehead atoms. The minimum atomic E-state index is -0.123. The maximum atomic E-state index is 13.2. The molecule has 1 N–H and O–H groups in total. The number of piperidine rings is 1. The summed E-state index contributed by atoms with van der Waals surface area (Å²) in [7, 11) is 1.87. The number of likely N-dealkylation sites (tertiary alicyclic amines) is 1. The van der Waals surface area contributed by atoms with Crippen molar-refractivity contribution in [2.75, 3.05) is 13.1 Å². The van der Waals surface area contributed by atoms with Gasteiger partial charge in [0, 0.05) is 31.3 Å². The van der Waals surface area contributed by atoms with E-state index in [1.807, 2.05) is 65.9 Å². The molecule has 31 heavy (non-hydrogen) atoms. The van der Waals surface area contributed by atoms with Crippen LogP contribution in [0.25, 0.3) is 11.3 Å². The van der Waals surface area contributed by atoms with Crippen molar-refractivity contribution in [2.24, 2.45) is 7.05 Å². The number of amides is 1. The molecule has 2 heterocycles. The molecule has 0 saturated carbocycles. The Morgan fingerprint density at radius 2 is 1.90 bits per heavy atom. The predicted octanol–water partition coefficient (Wildman–Crippen LogP) is 3.78. The van der Waals surface area contributed by atoms with E-state index in [-0.39, 0.29) is 12.5 Å². The topological polar surface area (TPSA) is 82.2 Å². The molecule has 1 aliphatic rings. The number of aromatic nitrogens is 2. The molecule has 3 aromatic rings. The van der Waals surface area contributed by atoms with Crippen LogP contribution in [0.2, 0.25) is 0 Å². The number of nitrogens with zero attached hydrogens (tertiary/aromatic N) is 4. The highest BCUT2D eigenvalue weighted by atomic mass is 16.3. The van der Waals surface area contributed by atoms with Crippen LogP contribution >= 0.6 is 0 Å². The zero-order valence-corrected chi connectivity index (χ0v) is 17.9. The summed E-state index contributed by atoms with van der Waals surface area (Å²) in [5.74, 6) is 1.05. The van der Waals surface area contributed by atoms with Crippen LogP contribution in [0.1, 0.15) is 51.6 Å². The molecular weight excluding hydrogens is 388 g/mol. The van der Waals surface area contributed by atoms with Crippen molar-refractivity contribution < 1.29 is 9.90 Å². The lowest BCUT2D eigenvalue weighted by Gasteiger charge is -2.32. The van der Waals surface area contributed by atoms with Crippen LogP contribution in [0.15, 0.2) is 48.7 Å². The van der Waals surface area contributed by atoms with E-state index in [4.69, 9.17) is 5.26 Å². The number of nitriles is 1. The monoisotopic (exact) mass is 414 g/mol. The summed E-state index contributed by atoms with van der Waals surface area (Å²) < 4.78 is 1.86. The number of carbonyl (C=O) groups is 1. The van der Waals surface area contributed by atoms with Crippen LogP contribution in [0.4, 0.5) is 0 Å². The second-order valence-corrected chi connectivity index (χ2v) is 8.11. The van der Waals surface area contributed by atoms with Crippen LogP contribution in [0.3, 0.4) is 0 Å². The maximum absolute atomic E-state index is 13.2. The second kappa shape index (κ2) is 8.75. The van der Waals surface area contributed by atoms with E-state index in [9.17, 15) is 9.90 Å². The summed E-state index contributed by atoms with van der Waals surface area (Å²) in [6.07, 6.45) is 3.57. The fourth-order valence-electron chi connectivity index (χ4n) is 4.30. The molecular formula is C25H26N4O2. The van der Waals surface area contributed by atoms with Gasteiger partial charge in [-0.05, 0) is 61.1 Å². The summed E-state index contributed by atoms with van der Waals surface area (Å²) in [6, 6.07) is 15.7. The van der Waals surface area contributed by atoms with Gasteiger partial charge in [0.1, 0.15) is 12.4 Å². The molecule has 6 nitrogen and oxygen atoms in total. The van der Waals surface area contributed by atoms with Gasteiger partial charge >= 0.3 is 0 Å². The average molecular weight is 415 g/mol. The third kappa shape index (κ3) is 4.10. The molecule has 1 amide bonds. The lowest BCUT2D eigenvalue weighted by atomic mass is 9.88. The Balaban J connectivity index is 1.49. The van der Waals surface area contributed by atoms with Gasteiger partial charge < -0.3 is 14.6 Å². The van der Waals surface area contributed by atoms with Crippen molar-refractivity contribution in [3.05, 3.63) is 76.7 Å². The number of rotatable bonds is 4. The van der Waals surface area contributed by atoms with Crippen LogP contribution in [-0.4, -0.2) is 38.6 Å².